The number of hydrogen-bond acceptors (Lipinski definition) is 1. The number of para-hydroxylation sites is 1. The van der Waals surface area contributed by atoms with Crippen LogP contribution < -0.4 is 0 Å². The molecule has 50 heavy (non-hydrogen) atoms. The maximum atomic E-state index is 6.39. The molecule has 0 fully saturated rings. The molecule has 0 amide bonds. The minimum Gasteiger partial charge on any atom is -0.456 e. The standard InChI is InChI=1S/C49H34O/c1-49(2)43-24-22-33(27-41(43)39-23-21-31-26-42-34-13-9-10-18-44(34)50-45(42)28-40(31)48(39)49)47-37-16-7-5-14-35(37)46(36-15-6-8-17-38(36)47)32-20-19-29-11-3-4-12-30(29)25-32/h3-24,26-28,30H,25H2,1-2H3. The lowest BCUT2D eigenvalue weighted by Crippen LogP contribution is -2.15. The Labute approximate surface area is 291 Å². The minimum absolute atomic E-state index is 0.154. The SMILES string of the molecule is CC1(C)c2ccc(-c3c4ccccc4c(C4=CC=C5C=CC=CC5C4)c4ccccc34)cc2-c2ccc3cc4c(cc3c21)oc1ccccc14. The van der Waals surface area contributed by atoms with Gasteiger partial charge < -0.3 is 4.42 Å². The van der Waals surface area contributed by atoms with Gasteiger partial charge in [0.05, 0.1) is 0 Å². The molecule has 0 radical (unpaired) electrons. The van der Waals surface area contributed by atoms with Gasteiger partial charge in [-0.25, -0.2) is 0 Å². The van der Waals surface area contributed by atoms with E-state index < -0.39 is 0 Å². The van der Waals surface area contributed by atoms with Crippen LogP contribution in [0.5, 0.6) is 0 Å². The molecule has 1 nitrogen and oxygen atoms in total. The maximum absolute atomic E-state index is 6.39. The highest BCUT2D eigenvalue weighted by atomic mass is 16.3. The van der Waals surface area contributed by atoms with Crippen LogP contribution in [0.3, 0.4) is 0 Å². The van der Waals surface area contributed by atoms with Gasteiger partial charge in [-0.05, 0) is 113 Å². The number of furan rings is 1. The Hall–Kier alpha value is -5.92. The lowest BCUT2D eigenvalue weighted by Gasteiger charge is -2.25. The van der Waals surface area contributed by atoms with Crippen molar-refractivity contribution in [3.05, 3.63) is 174 Å². The van der Waals surface area contributed by atoms with Gasteiger partial charge in [0.15, 0.2) is 0 Å². The second kappa shape index (κ2) is 10.1. The van der Waals surface area contributed by atoms with Gasteiger partial charge in [0.1, 0.15) is 11.2 Å². The smallest absolute Gasteiger partial charge is 0.136 e. The summed E-state index contributed by atoms with van der Waals surface area (Å²) >= 11 is 0. The third-order valence-electron chi connectivity index (χ3n) is 11.8. The molecule has 0 N–H and O–H groups in total. The lowest BCUT2D eigenvalue weighted by molar-refractivity contribution is 0.663. The summed E-state index contributed by atoms with van der Waals surface area (Å²) in [6.07, 6.45) is 14.7. The van der Waals surface area contributed by atoms with E-state index in [4.69, 9.17) is 4.42 Å². The third kappa shape index (κ3) is 3.78. The molecule has 0 aliphatic heterocycles. The quantitative estimate of drug-likeness (QED) is 0.172. The normalized spacial score (nSPS) is 17.4. The lowest BCUT2D eigenvalue weighted by atomic mass is 9.78. The molecule has 0 bridgehead atoms. The highest BCUT2D eigenvalue weighted by molar-refractivity contribution is 6.19. The Bertz CT molecular complexity index is 2860. The average molecular weight is 639 g/mol. The van der Waals surface area contributed by atoms with Crippen molar-refractivity contribution in [2.24, 2.45) is 5.92 Å². The molecule has 1 heterocycles. The molecule has 3 aliphatic rings. The highest BCUT2D eigenvalue weighted by Crippen LogP contribution is 2.54. The molecule has 1 aromatic heterocycles. The predicted molar refractivity (Wildman–Crippen MR) is 212 cm³/mol. The Morgan fingerprint density at radius 3 is 2.08 bits per heavy atom. The van der Waals surface area contributed by atoms with E-state index in [9.17, 15) is 0 Å². The van der Waals surface area contributed by atoms with Gasteiger partial charge >= 0.3 is 0 Å². The van der Waals surface area contributed by atoms with Crippen molar-refractivity contribution in [3.8, 4) is 22.3 Å². The fraction of sp³-hybridized carbons (Fsp3) is 0.102. The van der Waals surface area contributed by atoms with E-state index in [-0.39, 0.29) is 5.41 Å². The summed E-state index contributed by atoms with van der Waals surface area (Å²) in [6.45, 7) is 4.77. The number of benzene rings is 7. The van der Waals surface area contributed by atoms with Crippen molar-refractivity contribution in [1.29, 1.82) is 0 Å². The van der Waals surface area contributed by atoms with Crippen LogP contribution in [0.1, 0.15) is 37.0 Å². The first-order valence-electron chi connectivity index (χ1n) is 17.8. The van der Waals surface area contributed by atoms with Crippen LogP contribution in [-0.2, 0) is 5.41 Å². The van der Waals surface area contributed by atoms with Gasteiger partial charge in [-0.2, -0.15) is 0 Å². The summed E-state index contributed by atoms with van der Waals surface area (Å²) in [7, 11) is 0. The fourth-order valence-corrected chi connectivity index (χ4v) is 9.48. The Morgan fingerprint density at radius 2 is 1.30 bits per heavy atom. The molecule has 1 heteroatoms. The van der Waals surface area contributed by atoms with Crippen molar-refractivity contribution >= 4 is 59.8 Å². The first-order chi connectivity index (χ1) is 24.5. The number of fused-ring (bicyclic) bond motifs is 11. The molecular formula is C49H34O. The Kier molecular flexibility index (Phi) is 5.63. The van der Waals surface area contributed by atoms with Gasteiger partial charge in [-0.15, -0.1) is 0 Å². The average Bonchev–Trinajstić information content (AvgIpc) is 3.63. The van der Waals surface area contributed by atoms with Gasteiger partial charge in [0, 0.05) is 22.1 Å². The van der Waals surface area contributed by atoms with Crippen LogP contribution in [0, 0.1) is 5.92 Å². The fourth-order valence-electron chi connectivity index (χ4n) is 9.48. The van der Waals surface area contributed by atoms with Gasteiger partial charge in [0.2, 0.25) is 0 Å². The molecule has 8 aromatic rings. The second-order valence-electron chi connectivity index (χ2n) is 14.8. The minimum atomic E-state index is -0.154. The van der Waals surface area contributed by atoms with Crippen LogP contribution >= 0.6 is 0 Å². The molecule has 11 rings (SSSR count). The van der Waals surface area contributed by atoms with Crippen LogP contribution in [0.25, 0.3) is 82.1 Å². The molecular weight excluding hydrogens is 605 g/mol. The first-order valence-corrected chi connectivity index (χ1v) is 17.8. The highest BCUT2D eigenvalue weighted by Gasteiger charge is 2.37. The Balaban J connectivity index is 1.14. The van der Waals surface area contributed by atoms with Crippen molar-refractivity contribution < 1.29 is 4.42 Å². The van der Waals surface area contributed by atoms with Crippen LogP contribution in [-0.4, -0.2) is 0 Å². The summed E-state index contributed by atoms with van der Waals surface area (Å²) in [5.41, 5.74) is 13.9. The summed E-state index contributed by atoms with van der Waals surface area (Å²) in [4.78, 5) is 0. The molecule has 0 spiro atoms. The molecule has 0 saturated heterocycles. The van der Waals surface area contributed by atoms with Crippen molar-refractivity contribution in [3.63, 3.8) is 0 Å². The summed E-state index contributed by atoms with van der Waals surface area (Å²) in [5.74, 6) is 0.427. The number of allylic oxidation sites excluding steroid dienone is 8. The third-order valence-corrected chi connectivity index (χ3v) is 11.8. The maximum Gasteiger partial charge on any atom is 0.136 e. The number of hydrogen-bond donors (Lipinski definition) is 0. The molecule has 1 atom stereocenters. The largest absolute Gasteiger partial charge is 0.456 e. The monoisotopic (exact) mass is 638 g/mol. The van der Waals surface area contributed by atoms with E-state index in [0.717, 1.165) is 17.6 Å². The van der Waals surface area contributed by atoms with E-state index in [1.54, 1.807) is 0 Å². The topological polar surface area (TPSA) is 13.1 Å². The van der Waals surface area contributed by atoms with Crippen molar-refractivity contribution in [1.82, 2.24) is 0 Å². The first kappa shape index (κ1) is 28.0. The molecule has 236 valence electrons. The molecule has 1 unspecified atom stereocenters. The Morgan fingerprint density at radius 1 is 0.580 bits per heavy atom. The van der Waals surface area contributed by atoms with E-state index in [0.29, 0.717) is 5.92 Å². The zero-order valence-corrected chi connectivity index (χ0v) is 28.1. The van der Waals surface area contributed by atoms with Crippen LogP contribution in [0.2, 0.25) is 0 Å². The number of rotatable bonds is 2. The van der Waals surface area contributed by atoms with Gasteiger partial charge in [0.25, 0.3) is 0 Å². The van der Waals surface area contributed by atoms with Crippen molar-refractivity contribution in [2.75, 3.05) is 0 Å². The van der Waals surface area contributed by atoms with Crippen LogP contribution in [0.15, 0.2) is 162 Å². The van der Waals surface area contributed by atoms with E-state index in [1.807, 2.05) is 6.07 Å². The van der Waals surface area contributed by atoms with Gasteiger partial charge in [-0.1, -0.05) is 141 Å². The van der Waals surface area contributed by atoms with Gasteiger partial charge in [-0.3, -0.25) is 0 Å². The predicted octanol–water partition coefficient (Wildman–Crippen LogP) is 13.5. The summed E-state index contributed by atoms with van der Waals surface area (Å²) in [5, 5.41) is 10.1. The van der Waals surface area contributed by atoms with Crippen LogP contribution in [0.4, 0.5) is 0 Å². The van der Waals surface area contributed by atoms with E-state index in [1.165, 1.54) is 93.2 Å². The molecule has 3 aliphatic carbocycles. The zero-order valence-electron chi connectivity index (χ0n) is 28.1. The molecule has 0 saturated carbocycles. The summed E-state index contributed by atoms with van der Waals surface area (Å²) in [6, 6.07) is 43.0. The van der Waals surface area contributed by atoms with E-state index in [2.05, 4.69) is 159 Å². The molecule has 7 aromatic carbocycles. The van der Waals surface area contributed by atoms with Crippen molar-refractivity contribution in [2.45, 2.75) is 25.7 Å². The summed E-state index contributed by atoms with van der Waals surface area (Å²) < 4.78 is 6.39. The zero-order chi connectivity index (χ0) is 33.1. The second-order valence-corrected chi connectivity index (χ2v) is 14.8. The van der Waals surface area contributed by atoms with E-state index >= 15 is 0 Å².